The Morgan fingerprint density at radius 2 is 0.630 bits per heavy atom. The highest BCUT2D eigenvalue weighted by atomic mass is 35.5. The van der Waals surface area contributed by atoms with Crippen molar-refractivity contribution in [3.8, 4) is 50.8 Å². The van der Waals surface area contributed by atoms with E-state index in [4.69, 9.17) is 96.5 Å². The molecule has 0 bridgehead atoms. The summed E-state index contributed by atoms with van der Waals surface area (Å²) in [6.07, 6.45) is 17.5. The molecule has 5 saturated heterocycles. The average molecular weight is 1820 g/mol. The summed E-state index contributed by atoms with van der Waals surface area (Å²) in [5, 5.41) is 22.9. The van der Waals surface area contributed by atoms with E-state index in [2.05, 4.69) is 30.4 Å². The number of hydrogen-bond donors (Lipinski definition) is 6. The van der Waals surface area contributed by atoms with E-state index < -0.39 is 48.2 Å². The van der Waals surface area contributed by atoms with Gasteiger partial charge in [0, 0.05) is 139 Å². The van der Waals surface area contributed by atoms with Crippen LogP contribution in [0.1, 0.15) is 175 Å². The molecular formula is C83H98Cl7N17O9S3. The number of nitrogens with one attached hydrogen (secondary N) is 6. The van der Waals surface area contributed by atoms with Crippen molar-refractivity contribution >= 4 is 129 Å². The van der Waals surface area contributed by atoms with Gasteiger partial charge in [-0.1, -0.05) is 192 Å². The van der Waals surface area contributed by atoms with Gasteiger partial charge in [0.2, 0.25) is 10.0 Å². The number of hydrogen-bond acceptors (Lipinski definition) is 15. The van der Waals surface area contributed by atoms with Crippen molar-refractivity contribution in [1.82, 2.24) is 83.4 Å². The number of rotatable bonds is 25. The second-order valence-corrected chi connectivity index (χ2v) is 39.1. The molecule has 0 atom stereocenters. The quantitative estimate of drug-likeness (QED) is 0.0310. The number of hydrazine groups is 3. The van der Waals surface area contributed by atoms with Crippen LogP contribution >= 0.6 is 81.2 Å². The third kappa shape index (κ3) is 23.1. The SMILES string of the molecule is Cc1ccc(-c2c(CNS(=O)(=O)N3CCCC3)c(C(=O)NN3CCCCC3)nn2-c2ccc(Cl)cc2Cl)cc1.Cc1ccc(-c2c(CNS(=O)(=O)N3CCCCC3)c(C(=O)NN3CCCCC3)nn2-c2ccc(Cl)cc2Cl)cc1.O=C(NN1CCCCC1)c1nn(-c2ccc(Cl)cc2Cl)c(-c2ccc(Cl)cc2)c1CNS(=O)(=O)CC1CCCC1. The van der Waals surface area contributed by atoms with E-state index in [1.54, 1.807) is 80.8 Å². The summed E-state index contributed by atoms with van der Waals surface area (Å²) >= 11 is 44.5. The largest absolute Gasteiger partial charge is 0.286 e. The molecule has 9 aromatic rings. The van der Waals surface area contributed by atoms with Gasteiger partial charge in [-0.05, 0) is 164 Å². The molecule has 3 amide bonds. The Balaban J connectivity index is 0.000000155. The van der Waals surface area contributed by atoms with Gasteiger partial charge in [-0.25, -0.2) is 42.2 Å². The van der Waals surface area contributed by atoms with Gasteiger partial charge in [0.15, 0.2) is 17.1 Å². The van der Waals surface area contributed by atoms with Crippen molar-refractivity contribution in [2.45, 2.75) is 149 Å². The second-order valence-electron chi connectivity index (χ2n) is 30.7. The van der Waals surface area contributed by atoms with Crippen molar-refractivity contribution in [2.24, 2.45) is 5.92 Å². The zero-order chi connectivity index (χ0) is 84.1. The number of sulfonamides is 1. The second kappa shape index (κ2) is 40.9. The normalized spacial score (nSPS) is 17.0. The van der Waals surface area contributed by atoms with Gasteiger partial charge in [-0.15, -0.1) is 0 Å². The zero-order valence-electron chi connectivity index (χ0n) is 66.3. The third-order valence-corrected chi connectivity index (χ3v) is 28.4. The number of halogens is 7. The first-order chi connectivity index (χ1) is 57.1. The van der Waals surface area contributed by atoms with E-state index in [0.717, 1.165) is 177 Å². The Morgan fingerprint density at radius 1 is 0.353 bits per heavy atom. The van der Waals surface area contributed by atoms with Gasteiger partial charge in [-0.2, -0.15) is 50.2 Å². The summed E-state index contributed by atoms with van der Waals surface area (Å²) in [5.74, 6) is -0.997. The smallest absolute Gasteiger partial charge is 0.283 e. The molecule has 3 aromatic heterocycles. The number of aromatic nitrogens is 6. The van der Waals surface area contributed by atoms with Crippen LogP contribution in [-0.4, -0.2) is 167 Å². The van der Waals surface area contributed by atoms with Crippen LogP contribution in [0.4, 0.5) is 0 Å². The number of amides is 3. The van der Waals surface area contributed by atoms with Gasteiger partial charge in [0.05, 0.1) is 55.0 Å². The number of carbonyl (C=O) groups is 3. The zero-order valence-corrected chi connectivity index (χ0v) is 74.0. The van der Waals surface area contributed by atoms with Crippen LogP contribution < -0.4 is 30.4 Å². The van der Waals surface area contributed by atoms with Crippen LogP contribution in [0.2, 0.25) is 35.2 Å². The highest BCUT2D eigenvalue weighted by Gasteiger charge is 2.35. The van der Waals surface area contributed by atoms with E-state index in [0.29, 0.717) is 118 Å². The lowest BCUT2D eigenvalue weighted by Crippen LogP contribution is -2.46. The molecule has 8 heterocycles. The maximum atomic E-state index is 13.7. The Hall–Kier alpha value is -7.08. The molecule has 6 aromatic carbocycles. The molecule has 5 aliphatic heterocycles. The van der Waals surface area contributed by atoms with Gasteiger partial charge in [0.1, 0.15) is 0 Å². The Bertz CT molecular complexity index is 5430. The van der Waals surface area contributed by atoms with Crippen LogP contribution in [0.15, 0.2) is 127 Å². The number of carbonyl (C=O) groups excluding carboxylic acids is 3. The predicted molar refractivity (Wildman–Crippen MR) is 471 cm³/mol. The number of aryl methyl sites for hydroxylation is 2. The molecule has 15 rings (SSSR count). The Morgan fingerprint density at radius 3 is 0.941 bits per heavy atom. The summed E-state index contributed by atoms with van der Waals surface area (Å²) in [4.78, 5) is 41.1. The molecule has 0 radical (unpaired) electrons. The maximum absolute atomic E-state index is 13.7. The van der Waals surface area contributed by atoms with E-state index in [1.165, 1.54) is 8.61 Å². The summed E-state index contributed by atoms with van der Waals surface area (Å²) in [7, 11) is -11.1. The van der Waals surface area contributed by atoms with Crippen LogP contribution in [0.3, 0.4) is 0 Å². The fourth-order valence-electron chi connectivity index (χ4n) is 15.7. The molecule has 1 aliphatic carbocycles. The fourth-order valence-corrected chi connectivity index (χ4v) is 21.2. The molecule has 36 heteroatoms. The molecule has 636 valence electrons. The van der Waals surface area contributed by atoms with Crippen molar-refractivity contribution in [2.75, 3.05) is 71.2 Å². The van der Waals surface area contributed by atoms with Crippen LogP contribution in [0.25, 0.3) is 50.8 Å². The van der Waals surface area contributed by atoms with Gasteiger partial charge in [0.25, 0.3) is 38.1 Å². The molecule has 119 heavy (non-hydrogen) atoms. The molecule has 26 nitrogen and oxygen atoms in total. The van der Waals surface area contributed by atoms with E-state index in [9.17, 15) is 39.6 Å². The Kier molecular flexibility index (Phi) is 30.9. The minimum Gasteiger partial charge on any atom is -0.283 e. The summed E-state index contributed by atoms with van der Waals surface area (Å²) in [6.45, 7) is 10.00. The number of nitrogens with zero attached hydrogens (tertiary/aromatic N) is 11. The van der Waals surface area contributed by atoms with E-state index in [1.807, 2.05) is 89.5 Å². The van der Waals surface area contributed by atoms with Gasteiger partial charge >= 0.3 is 0 Å². The first-order valence-electron chi connectivity index (χ1n) is 40.4. The van der Waals surface area contributed by atoms with Crippen molar-refractivity contribution in [3.63, 3.8) is 0 Å². The summed E-state index contributed by atoms with van der Waals surface area (Å²) in [6, 6.07) is 37.8. The molecule has 6 aliphatic rings. The first-order valence-corrected chi connectivity index (χ1v) is 47.6. The van der Waals surface area contributed by atoms with Gasteiger partial charge < -0.3 is 0 Å². The topological polar surface area (TPSA) is 295 Å². The van der Waals surface area contributed by atoms with Crippen molar-refractivity contribution in [1.29, 1.82) is 0 Å². The Labute approximate surface area is 731 Å². The average Bonchev–Trinajstić information content (AvgIpc) is 1.63. The molecule has 0 unspecified atom stereocenters. The molecule has 6 fully saturated rings. The van der Waals surface area contributed by atoms with Crippen molar-refractivity contribution in [3.05, 3.63) is 207 Å². The molecule has 1 saturated carbocycles. The minimum absolute atomic E-state index is 0.0652. The highest BCUT2D eigenvalue weighted by Crippen LogP contribution is 2.39. The maximum Gasteiger partial charge on any atom is 0.286 e. The van der Waals surface area contributed by atoms with Crippen LogP contribution in [0.5, 0.6) is 0 Å². The van der Waals surface area contributed by atoms with Gasteiger partial charge in [-0.3, -0.25) is 30.7 Å². The van der Waals surface area contributed by atoms with E-state index in [-0.39, 0.29) is 48.4 Å². The summed E-state index contributed by atoms with van der Waals surface area (Å²) < 4.78 is 94.9. The predicted octanol–water partition coefficient (Wildman–Crippen LogP) is 16.1. The lowest BCUT2D eigenvalue weighted by atomic mass is 10.0. The lowest BCUT2D eigenvalue weighted by Gasteiger charge is -2.27. The highest BCUT2D eigenvalue weighted by molar-refractivity contribution is 7.89. The molecule has 6 N–H and O–H groups in total. The third-order valence-electron chi connectivity index (χ3n) is 21.9. The van der Waals surface area contributed by atoms with Crippen LogP contribution in [0, 0.1) is 19.8 Å². The fraction of sp³-hybridized carbons (Fsp3) is 0.422. The van der Waals surface area contributed by atoms with Crippen LogP contribution in [-0.2, 0) is 50.1 Å². The first kappa shape index (κ1) is 89.7. The number of piperidine rings is 4. The lowest BCUT2D eigenvalue weighted by molar-refractivity contribution is 0.0736. The summed E-state index contributed by atoms with van der Waals surface area (Å²) in [5.41, 5.74) is 18.3. The standard InChI is InChI=1S/C28H32Cl3N5O3S.C28H34Cl2N6O3S.C27H32Cl2N6O3S/c29-21-10-8-20(9-11-21)27-23(17-32-40(38,39)18-19-6-2-3-7-19)26(28(37)34-35-14-4-1-5-15-35)33-36(27)25-13-12-22(30)16-24(25)31;1-20-8-10-21(11-9-20)27-23(19-31-40(38,39)35-16-6-3-7-17-35)26(28(37)33-34-14-4-2-5-15-34)32-36(27)25-13-12-22(29)18-24(25)30;1-19-7-9-20(10-8-19)26-22(18-30-39(37,38)34-15-5-6-16-34)25(27(36)32-33-13-3-2-4-14-33)31-35(26)24-12-11-21(28)17-23(24)29/h8-13,16,19,32H,1-7,14-15,17-18H2,(H,34,37);8-13,18,31H,2-7,14-17,19H2,1H3,(H,33,37);7-12,17,30H,2-6,13-16,18H2,1H3,(H,32,36). The molecular weight excluding hydrogens is 1720 g/mol. The molecule has 0 spiro atoms. The number of benzene rings is 6. The minimum atomic E-state index is -3.77. The van der Waals surface area contributed by atoms with E-state index >= 15 is 0 Å². The van der Waals surface area contributed by atoms with Crippen molar-refractivity contribution < 1.29 is 39.6 Å². The monoisotopic (exact) mass is 1820 g/mol.